The molecule has 134 valence electrons. The van der Waals surface area contributed by atoms with E-state index in [0.717, 1.165) is 18.8 Å². The van der Waals surface area contributed by atoms with Gasteiger partial charge in [0.05, 0.1) is 18.2 Å². The number of methoxy groups -OCH3 is 1. The van der Waals surface area contributed by atoms with E-state index in [0.29, 0.717) is 23.9 Å². The van der Waals surface area contributed by atoms with E-state index in [1.54, 1.807) is 18.2 Å². The van der Waals surface area contributed by atoms with Crippen molar-refractivity contribution in [2.75, 3.05) is 25.1 Å². The van der Waals surface area contributed by atoms with Crippen LogP contribution in [0.25, 0.3) is 0 Å². The van der Waals surface area contributed by atoms with Gasteiger partial charge in [0.15, 0.2) is 12.6 Å². The van der Waals surface area contributed by atoms with Gasteiger partial charge in [0, 0.05) is 30.9 Å². The topological polar surface area (TPSA) is 87.1 Å². The summed E-state index contributed by atoms with van der Waals surface area (Å²) in [6.07, 6.45) is 1.25. The lowest BCUT2D eigenvalue weighted by Crippen LogP contribution is -2.21. The summed E-state index contributed by atoms with van der Waals surface area (Å²) < 4.78 is 4.82. The standard InChI is InChI=1S/C11H15NO2.C8H8O3/c1-3-12(4-2)10-6-5-9(8-13)11(14)7-10;1-11-7-3-2-6(5-9)8(10)4-7/h5-8,14H,3-4H2,1-2H3;2-5,10H,1H3. The second-order valence-electron chi connectivity index (χ2n) is 5.08. The first-order chi connectivity index (χ1) is 12.0. The maximum atomic E-state index is 10.5. The van der Waals surface area contributed by atoms with Crippen LogP contribution < -0.4 is 9.64 Å². The van der Waals surface area contributed by atoms with Crippen molar-refractivity contribution in [3.63, 3.8) is 0 Å². The molecular formula is C19H23NO5. The van der Waals surface area contributed by atoms with Gasteiger partial charge in [-0.05, 0) is 38.1 Å². The van der Waals surface area contributed by atoms with Crippen LogP contribution in [0.15, 0.2) is 36.4 Å². The van der Waals surface area contributed by atoms with Crippen molar-refractivity contribution in [2.24, 2.45) is 0 Å². The minimum absolute atomic E-state index is 0.0457. The number of ether oxygens (including phenoxy) is 1. The third kappa shape index (κ3) is 5.53. The predicted molar refractivity (Wildman–Crippen MR) is 97.1 cm³/mol. The molecule has 2 aromatic rings. The van der Waals surface area contributed by atoms with E-state index < -0.39 is 0 Å². The van der Waals surface area contributed by atoms with E-state index in [2.05, 4.69) is 4.90 Å². The molecule has 0 saturated heterocycles. The number of hydrogen-bond donors (Lipinski definition) is 2. The van der Waals surface area contributed by atoms with Gasteiger partial charge in [-0.2, -0.15) is 0 Å². The number of benzene rings is 2. The Morgan fingerprint density at radius 3 is 1.84 bits per heavy atom. The number of carbonyl (C=O) groups excluding carboxylic acids is 2. The fraction of sp³-hybridized carbons (Fsp3) is 0.263. The SMILES string of the molecule is CCN(CC)c1ccc(C=O)c(O)c1.COc1ccc(C=O)c(O)c1. The molecule has 6 heteroatoms. The zero-order valence-corrected chi connectivity index (χ0v) is 14.6. The molecule has 0 unspecified atom stereocenters. The van der Waals surface area contributed by atoms with E-state index in [4.69, 9.17) is 9.84 Å². The van der Waals surface area contributed by atoms with Crippen LogP contribution in [0, 0.1) is 0 Å². The van der Waals surface area contributed by atoms with Crippen LogP contribution in [-0.4, -0.2) is 43.0 Å². The molecule has 2 N–H and O–H groups in total. The summed E-state index contributed by atoms with van der Waals surface area (Å²) in [6, 6.07) is 9.61. The number of nitrogens with zero attached hydrogens (tertiary/aromatic N) is 1. The molecule has 0 aliphatic heterocycles. The van der Waals surface area contributed by atoms with Gasteiger partial charge < -0.3 is 19.8 Å². The predicted octanol–water partition coefficient (Wildman–Crippen LogP) is 3.26. The largest absolute Gasteiger partial charge is 0.507 e. The Hall–Kier alpha value is -3.02. The van der Waals surface area contributed by atoms with Crippen molar-refractivity contribution in [1.82, 2.24) is 0 Å². The van der Waals surface area contributed by atoms with Crippen molar-refractivity contribution in [1.29, 1.82) is 0 Å². The summed E-state index contributed by atoms with van der Waals surface area (Å²) in [5, 5.41) is 18.6. The average molecular weight is 345 g/mol. The number of hydrogen-bond acceptors (Lipinski definition) is 6. The molecule has 2 aromatic carbocycles. The first-order valence-electron chi connectivity index (χ1n) is 7.85. The Balaban J connectivity index is 0.000000257. The average Bonchev–Trinajstić information content (AvgIpc) is 2.63. The van der Waals surface area contributed by atoms with Crippen LogP contribution in [-0.2, 0) is 0 Å². The van der Waals surface area contributed by atoms with Crippen LogP contribution in [0.2, 0.25) is 0 Å². The number of rotatable bonds is 6. The molecule has 0 aliphatic rings. The number of anilines is 1. The zero-order valence-electron chi connectivity index (χ0n) is 14.6. The van der Waals surface area contributed by atoms with Crippen LogP contribution >= 0.6 is 0 Å². The quantitative estimate of drug-likeness (QED) is 0.782. The van der Waals surface area contributed by atoms with Gasteiger partial charge in [-0.15, -0.1) is 0 Å². The van der Waals surface area contributed by atoms with Crippen molar-refractivity contribution in [2.45, 2.75) is 13.8 Å². The van der Waals surface area contributed by atoms with Crippen molar-refractivity contribution in [3.8, 4) is 17.2 Å². The Bertz CT molecular complexity index is 711. The van der Waals surface area contributed by atoms with Gasteiger partial charge in [0.25, 0.3) is 0 Å². The van der Waals surface area contributed by atoms with Crippen molar-refractivity contribution >= 4 is 18.3 Å². The Morgan fingerprint density at radius 2 is 1.44 bits per heavy atom. The van der Waals surface area contributed by atoms with Gasteiger partial charge in [-0.25, -0.2) is 0 Å². The summed E-state index contributed by atoms with van der Waals surface area (Å²) in [7, 11) is 1.50. The second-order valence-corrected chi connectivity index (χ2v) is 5.08. The smallest absolute Gasteiger partial charge is 0.153 e. The van der Waals surface area contributed by atoms with Crippen LogP contribution in [0.4, 0.5) is 5.69 Å². The number of phenolic OH excluding ortho intramolecular Hbond substituents is 2. The Morgan fingerprint density at radius 1 is 0.920 bits per heavy atom. The lowest BCUT2D eigenvalue weighted by Gasteiger charge is -2.21. The van der Waals surface area contributed by atoms with Crippen molar-refractivity contribution in [3.05, 3.63) is 47.5 Å². The summed E-state index contributed by atoms with van der Waals surface area (Å²) in [5.74, 6) is 0.525. The molecular weight excluding hydrogens is 322 g/mol. The molecule has 0 amide bonds. The number of phenols is 2. The molecule has 0 fully saturated rings. The summed E-state index contributed by atoms with van der Waals surface area (Å²) in [5.41, 5.74) is 1.55. The molecule has 0 saturated carbocycles. The molecule has 0 heterocycles. The van der Waals surface area contributed by atoms with Gasteiger partial charge >= 0.3 is 0 Å². The fourth-order valence-corrected chi connectivity index (χ4v) is 2.17. The summed E-state index contributed by atoms with van der Waals surface area (Å²) in [4.78, 5) is 22.8. The molecule has 0 aliphatic carbocycles. The number of carbonyl (C=O) groups is 2. The highest BCUT2D eigenvalue weighted by atomic mass is 16.5. The molecule has 0 spiro atoms. The fourth-order valence-electron chi connectivity index (χ4n) is 2.17. The highest BCUT2D eigenvalue weighted by Crippen LogP contribution is 2.23. The van der Waals surface area contributed by atoms with Crippen LogP contribution in [0.3, 0.4) is 0 Å². The second kappa shape index (κ2) is 9.97. The van der Waals surface area contributed by atoms with Crippen molar-refractivity contribution < 1.29 is 24.5 Å². The lowest BCUT2D eigenvalue weighted by molar-refractivity contribution is 0.111. The lowest BCUT2D eigenvalue weighted by atomic mass is 10.2. The van der Waals surface area contributed by atoms with E-state index in [-0.39, 0.29) is 17.1 Å². The van der Waals surface area contributed by atoms with Gasteiger partial charge in [0.2, 0.25) is 0 Å². The molecule has 0 bridgehead atoms. The van der Waals surface area contributed by atoms with E-state index in [9.17, 15) is 14.7 Å². The van der Waals surface area contributed by atoms with Gasteiger partial charge in [-0.1, -0.05) is 0 Å². The Kier molecular flexibility index (Phi) is 7.99. The molecule has 6 nitrogen and oxygen atoms in total. The highest BCUT2D eigenvalue weighted by molar-refractivity contribution is 5.80. The van der Waals surface area contributed by atoms with E-state index in [1.807, 2.05) is 19.9 Å². The summed E-state index contributed by atoms with van der Waals surface area (Å²) in [6.45, 7) is 5.87. The third-order valence-electron chi connectivity index (χ3n) is 3.63. The minimum Gasteiger partial charge on any atom is -0.507 e. The third-order valence-corrected chi connectivity index (χ3v) is 3.63. The van der Waals surface area contributed by atoms with Gasteiger partial charge in [-0.3, -0.25) is 9.59 Å². The maximum Gasteiger partial charge on any atom is 0.153 e. The van der Waals surface area contributed by atoms with E-state index >= 15 is 0 Å². The molecule has 25 heavy (non-hydrogen) atoms. The molecule has 0 aromatic heterocycles. The minimum atomic E-state index is -0.0562. The number of aromatic hydroxyl groups is 2. The van der Waals surface area contributed by atoms with E-state index in [1.165, 1.54) is 19.2 Å². The maximum absolute atomic E-state index is 10.5. The highest BCUT2D eigenvalue weighted by Gasteiger charge is 2.05. The Labute approximate surface area is 147 Å². The first-order valence-corrected chi connectivity index (χ1v) is 7.85. The van der Waals surface area contributed by atoms with Gasteiger partial charge in [0.1, 0.15) is 17.2 Å². The zero-order chi connectivity index (χ0) is 18.8. The first kappa shape index (κ1) is 20.0. The van der Waals surface area contributed by atoms with Crippen LogP contribution in [0.5, 0.6) is 17.2 Å². The molecule has 0 atom stereocenters. The summed E-state index contributed by atoms with van der Waals surface area (Å²) >= 11 is 0. The molecule has 0 radical (unpaired) electrons. The van der Waals surface area contributed by atoms with Crippen LogP contribution in [0.1, 0.15) is 34.6 Å². The number of aldehydes is 2. The molecule has 2 rings (SSSR count). The normalized spacial score (nSPS) is 9.56. The monoisotopic (exact) mass is 345 g/mol.